The molecule has 0 heterocycles. The van der Waals surface area contributed by atoms with E-state index in [9.17, 15) is 14.9 Å². The molecule has 0 spiro atoms. The van der Waals surface area contributed by atoms with Crippen LogP contribution < -0.4 is 4.90 Å². The maximum atomic E-state index is 11.5. The Morgan fingerprint density at radius 3 is 2.29 bits per heavy atom. The molecule has 0 saturated carbocycles. The standard InChI is InChI=1S/C12H16N2O3/c1-10(15)13(9-12(2,3)14(16)17)11-7-5-4-6-8-11/h4-8H,9H2,1-3H3. The molecular formula is C12H16N2O3. The number of rotatable bonds is 4. The van der Waals surface area contributed by atoms with Crippen molar-refractivity contribution >= 4 is 11.6 Å². The zero-order chi connectivity index (χ0) is 13.1. The van der Waals surface area contributed by atoms with E-state index < -0.39 is 5.54 Å². The van der Waals surface area contributed by atoms with Crippen LogP contribution in [0.25, 0.3) is 0 Å². The third-order valence-electron chi connectivity index (χ3n) is 2.49. The van der Waals surface area contributed by atoms with Gasteiger partial charge in [0.05, 0.1) is 6.54 Å². The summed E-state index contributed by atoms with van der Waals surface area (Å²) in [5.41, 5.74) is -0.489. The molecule has 92 valence electrons. The van der Waals surface area contributed by atoms with Crippen molar-refractivity contribution < 1.29 is 9.72 Å². The van der Waals surface area contributed by atoms with Crippen molar-refractivity contribution in [1.82, 2.24) is 0 Å². The van der Waals surface area contributed by atoms with Crippen LogP contribution in [-0.2, 0) is 4.79 Å². The summed E-state index contributed by atoms with van der Waals surface area (Å²) in [5.74, 6) is -0.203. The molecule has 0 bridgehead atoms. The molecule has 0 unspecified atom stereocenters. The zero-order valence-electron chi connectivity index (χ0n) is 10.2. The predicted molar refractivity (Wildman–Crippen MR) is 65.5 cm³/mol. The van der Waals surface area contributed by atoms with Crippen LogP contribution in [0.2, 0.25) is 0 Å². The molecule has 0 aliphatic heterocycles. The van der Waals surface area contributed by atoms with Gasteiger partial charge in [-0.3, -0.25) is 14.9 Å². The minimum Gasteiger partial charge on any atom is -0.305 e. The molecular weight excluding hydrogens is 220 g/mol. The highest BCUT2D eigenvalue weighted by molar-refractivity contribution is 5.91. The molecule has 0 radical (unpaired) electrons. The Balaban J connectivity index is 2.97. The van der Waals surface area contributed by atoms with Crippen LogP contribution in [0.5, 0.6) is 0 Å². The van der Waals surface area contributed by atoms with E-state index in [-0.39, 0.29) is 17.4 Å². The molecule has 5 nitrogen and oxygen atoms in total. The number of amides is 1. The van der Waals surface area contributed by atoms with E-state index >= 15 is 0 Å². The Hall–Kier alpha value is -1.91. The number of nitrogens with zero attached hydrogens (tertiary/aromatic N) is 2. The second kappa shape index (κ2) is 4.95. The lowest BCUT2D eigenvalue weighted by Crippen LogP contribution is -2.46. The van der Waals surface area contributed by atoms with E-state index in [0.29, 0.717) is 5.69 Å². The molecule has 0 aliphatic rings. The van der Waals surface area contributed by atoms with Gasteiger partial charge in [-0.25, -0.2) is 0 Å². The van der Waals surface area contributed by atoms with Crippen molar-refractivity contribution in [2.45, 2.75) is 26.3 Å². The lowest BCUT2D eigenvalue weighted by atomic mass is 10.1. The second-order valence-electron chi connectivity index (χ2n) is 4.51. The Morgan fingerprint density at radius 2 is 1.88 bits per heavy atom. The zero-order valence-corrected chi connectivity index (χ0v) is 10.2. The molecule has 1 aromatic rings. The topological polar surface area (TPSA) is 63.5 Å². The molecule has 0 aliphatic carbocycles. The summed E-state index contributed by atoms with van der Waals surface area (Å²) in [6, 6.07) is 8.95. The van der Waals surface area contributed by atoms with Gasteiger partial charge in [-0.1, -0.05) is 18.2 Å². The first kappa shape index (κ1) is 13.2. The lowest BCUT2D eigenvalue weighted by Gasteiger charge is -2.26. The van der Waals surface area contributed by atoms with Crippen molar-refractivity contribution in [1.29, 1.82) is 0 Å². The molecule has 5 heteroatoms. The number of anilines is 1. The fourth-order valence-corrected chi connectivity index (χ4v) is 1.44. The van der Waals surface area contributed by atoms with Gasteiger partial charge in [0.2, 0.25) is 11.4 Å². The normalized spacial score (nSPS) is 11.0. The van der Waals surface area contributed by atoms with Crippen LogP contribution in [-0.4, -0.2) is 22.9 Å². The molecule has 1 rings (SSSR count). The number of para-hydroxylation sites is 1. The number of benzene rings is 1. The first-order valence-corrected chi connectivity index (χ1v) is 5.32. The van der Waals surface area contributed by atoms with Crippen LogP contribution >= 0.6 is 0 Å². The van der Waals surface area contributed by atoms with E-state index in [1.165, 1.54) is 25.7 Å². The SMILES string of the molecule is CC(=O)N(CC(C)(C)[N+](=O)[O-])c1ccccc1. The molecule has 0 aromatic heterocycles. The van der Waals surface area contributed by atoms with Crippen LogP contribution in [0.1, 0.15) is 20.8 Å². The summed E-state index contributed by atoms with van der Waals surface area (Å²) >= 11 is 0. The van der Waals surface area contributed by atoms with Gasteiger partial charge < -0.3 is 4.90 Å². The highest BCUT2D eigenvalue weighted by Gasteiger charge is 2.34. The van der Waals surface area contributed by atoms with Crippen molar-refractivity contribution in [2.24, 2.45) is 0 Å². The van der Waals surface area contributed by atoms with Crippen molar-refractivity contribution in [3.8, 4) is 0 Å². The van der Waals surface area contributed by atoms with Gasteiger partial charge in [0, 0.05) is 31.4 Å². The monoisotopic (exact) mass is 236 g/mol. The number of carbonyl (C=O) groups is 1. The summed E-state index contributed by atoms with van der Waals surface area (Å²) in [4.78, 5) is 23.5. The molecule has 0 atom stereocenters. The molecule has 1 amide bonds. The smallest absolute Gasteiger partial charge is 0.234 e. The van der Waals surface area contributed by atoms with E-state index in [4.69, 9.17) is 0 Å². The van der Waals surface area contributed by atoms with Crippen molar-refractivity contribution in [3.63, 3.8) is 0 Å². The van der Waals surface area contributed by atoms with E-state index in [1.54, 1.807) is 24.3 Å². The van der Waals surface area contributed by atoms with Crippen molar-refractivity contribution in [3.05, 3.63) is 40.4 Å². The Kier molecular flexibility index (Phi) is 3.83. The maximum absolute atomic E-state index is 11.5. The Bertz CT molecular complexity index is 415. The maximum Gasteiger partial charge on any atom is 0.234 e. The molecule has 1 aromatic carbocycles. The van der Waals surface area contributed by atoms with Crippen molar-refractivity contribution in [2.75, 3.05) is 11.4 Å². The highest BCUT2D eigenvalue weighted by atomic mass is 16.6. The number of hydrogen-bond acceptors (Lipinski definition) is 3. The van der Waals surface area contributed by atoms with E-state index in [0.717, 1.165) is 0 Å². The number of nitro groups is 1. The fraction of sp³-hybridized carbons (Fsp3) is 0.417. The summed E-state index contributed by atoms with van der Waals surface area (Å²) in [5, 5.41) is 10.9. The van der Waals surface area contributed by atoms with Gasteiger partial charge in [0.25, 0.3) is 0 Å². The molecule has 0 fully saturated rings. The first-order chi connectivity index (χ1) is 7.84. The van der Waals surface area contributed by atoms with Gasteiger partial charge in [-0.2, -0.15) is 0 Å². The minimum atomic E-state index is -1.17. The summed E-state index contributed by atoms with van der Waals surface area (Å²) in [7, 11) is 0. The fourth-order valence-electron chi connectivity index (χ4n) is 1.44. The van der Waals surface area contributed by atoms with Gasteiger partial charge >= 0.3 is 0 Å². The van der Waals surface area contributed by atoms with Crippen LogP contribution in [0, 0.1) is 10.1 Å². The van der Waals surface area contributed by atoms with Crippen LogP contribution in [0.3, 0.4) is 0 Å². The van der Waals surface area contributed by atoms with Crippen LogP contribution in [0.4, 0.5) is 5.69 Å². The first-order valence-electron chi connectivity index (χ1n) is 5.32. The van der Waals surface area contributed by atoms with Gasteiger partial charge in [0.1, 0.15) is 0 Å². The molecule has 17 heavy (non-hydrogen) atoms. The largest absolute Gasteiger partial charge is 0.305 e. The van der Waals surface area contributed by atoms with E-state index in [1.807, 2.05) is 6.07 Å². The lowest BCUT2D eigenvalue weighted by molar-refractivity contribution is -0.556. The third-order valence-corrected chi connectivity index (χ3v) is 2.49. The average molecular weight is 236 g/mol. The second-order valence-corrected chi connectivity index (χ2v) is 4.51. The highest BCUT2D eigenvalue weighted by Crippen LogP contribution is 2.18. The van der Waals surface area contributed by atoms with Gasteiger partial charge in [0.15, 0.2) is 0 Å². The number of carbonyl (C=O) groups excluding carboxylic acids is 1. The minimum absolute atomic E-state index is 0.0549. The van der Waals surface area contributed by atoms with Crippen LogP contribution in [0.15, 0.2) is 30.3 Å². The van der Waals surface area contributed by atoms with E-state index in [2.05, 4.69) is 0 Å². The third kappa shape index (κ3) is 3.27. The van der Waals surface area contributed by atoms with Gasteiger partial charge in [-0.05, 0) is 12.1 Å². The summed E-state index contributed by atoms with van der Waals surface area (Å²) in [6.45, 7) is 4.47. The molecule has 0 saturated heterocycles. The summed E-state index contributed by atoms with van der Waals surface area (Å²) in [6.07, 6.45) is 0. The Labute approximate surface area is 100 Å². The average Bonchev–Trinajstić information content (AvgIpc) is 2.26. The number of hydrogen-bond donors (Lipinski definition) is 0. The summed E-state index contributed by atoms with van der Waals surface area (Å²) < 4.78 is 0. The predicted octanol–water partition coefficient (Wildman–Crippen LogP) is 2.09. The molecule has 0 N–H and O–H groups in total. The van der Waals surface area contributed by atoms with Gasteiger partial charge in [-0.15, -0.1) is 0 Å². The quantitative estimate of drug-likeness (QED) is 0.594. The Morgan fingerprint density at radius 1 is 1.35 bits per heavy atom.